The Balaban J connectivity index is 2.09. The Morgan fingerprint density at radius 3 is 3.18 bits per heavy atom. The average molecular weight is 237 g/mol. The van der Waals surface area contributed by atoms with Crippen molar-refractivity contribution in [2.45, 2.75) is 19.4 Å². The number of nitrogens with one attached hydrogen (secondary N) is 1. The molecule has 6 nitrogen and oxygen atoms in total. The minimum atomic E-state index is -0.472. The predicted molar refractivity (Wildman–Crippen MR) is 62.9 cm³/mol. The lowest BCUT2D eigenvalue weighted by atomic mass is 10.0. The van der Waals surface area contributed by atoms with E-state index in [0.29, 0.717) is 18.2 Å². The van der Waals surface area contributed by atoms with Crippen molar-refractivity contribution in [2.75, 3.05) is 18.5 Å². The Morgan fingerprint density at radius 2 is 2.53 bits per heavy atom. The standard InChI is InChI=1S/C11H15N3O3/c1-8(9-4-6-17-7-9)13-10-3-2-5-12-11(10)14(15)16/h2-3,5,8-9,13H,4,6-7H2,1H3. The van der Waals surface area contributed by atoms with Crippen LogP contribution in [0.2, 0.25) is 0 Å². The molecule has 1 aromatic heterocycles. The summed E-state index contributed by atoms with van der Waals surface area (Å²) >= 11 is 0. The van der Waals surface area contributed by atoms with Gasteiger partial charge < -0.3 is 20.2 Å². The van der Waals surface area contributed by atoms with Crippen molar-refractivity contribution in [2.24, 2.45) is 5.92 Å². The summed E-state index contributed by atoms with van der Waals surface area (Å²) in [6, 6.07) is 3.50. The van der Waals surface area contributed by atoms with Gasteiger partial charge in [0.25, 0.3) is 0 Å². The van der Waals surface area contributed by atoms with Gasteiger partial charge in [-0.1, -0.05) is 0 Å². The maximum Gasteiger partial charge on any atom is 0.386 e. The molecule has 2 rings (SSSR count). The van der Waals surface area contributed by atoms with E-state index in [9.17, 15) is 10.1 Å². The van der Waals surface area contributed by atoms with Gasteiger partial charge >= 0.3 is 5.82 Å². The van der Waals surface area contributed by atoms with E-state index in [1.165, 1.54) is 6.20 Å². The number of hydrogen-bond donors (Lipinski definition) is 1. The van der Waals surface area contributed by atoms with Crippen LogP contribution in [-0.4, -0.2) is 29.2 Å². The van der Waals surface area contributed by atoms with Crippen LogP contribution in [0.4, 0.5) is 11.5 Å². The van der Waals surface area contributed by atoms with Gasteiger partial charge in [-0.15, -0.1) is 0 Å². The number of hydrogen-bond acceptors (Lipinski definition) is 5. The number of pyridine rings is 1. The number of ether oxygens (including phenoxy) is 1. The summed E-state index contributed by atoms with van der Waals surface area (Å²) in [5.74, 6) is 0.271. The molecule has 0 radical (unpaired) electrons. The molecular weight excluding hydrogens is 222 g/mol. The second-order valence-electron chi connectivity index (χ2n) is 4.19. The summed E-state index contributed by atoms with van der Waals surface area (Å²) in [4.78, 5) is 14.1. The normalized spacial score (nSPS) is 21.1. The van der Waals surface area contributed by atoms with Crippen LogP contribution in [0.5, 0.6) is 0 Å². The number of nitrogens with zero attached hydrogens (tertiary/aromatic N) is 2. The van der Waals surface area contributed by atoms with Crippen LogP contribution in [0.1, 0.15) is 13.3 Å². The van der Waals surface area contributed by atoms with Crippen LogP contribution >= 0.6 is 0 Å². The van der Waals surface area contributed by atoms with E-state index in [0.717, 1.165) is 13.0 Å². The van der Waals surface area contributed by atoms with Crippen molar-refractivity contribution in [3.63, 3.8) is 0 Å². The third-order valence-corrected chi connectivity index (χ3v) is 3.01. The van der Waals surface area contributed by atoms with Crippen molar-refractivity contribution in [1.82, 2.24) is 4.98 Å². The first kappa shape index (κ1) is 11.8. The van der Waals surface area contributed by atoms with E-state index in [1.807, 2.05) is 6.92 Å². The zero-order chi connectivity index (χ0) is 12.3. The molecular formula is C11H15N3O3. The third kappa shape index (κ3) is 2.71. The van der Waals surface area contributed by atoms with Crippen molar-refractivity contribution >= 4 is 11.5 Å². The Hall–Kier alpha value is -1.69. The first-order chi connectivity index (χ1) is 8.18. The molecule has 1 aliphatic heterocycles. The Bertz CT molecular complexity index is 405. The zero-order valence-electron chi connectivity index (χ0n) is 9.63. The van der Waals surface area contributed by atoms with E-state index in [-0.39, 0.29) is 11.9 Å². The lowest BCUT2D eigenvalue weighted by Crippen LogP contribution is -2.26. The molecule has 1 saturated heterocycles. The molecule has 0 aromatic carbocycles. The lowest BCUT2D eigenvalue weighted by Gasteiger charge is -2.19. The van der Waals surface area contributed by atoms with Gasteiger partial charge in [0.15, 0.2) is 0 Å². The molecule has 2 atom stereocenters. The van der Waals surface area contributed by atoms with Gasteiger partial charge in [0.1, 0.15) is 11.9 Å². The Morgan fingerprint density at radius 1 is 1.71 bits per heavy atom. The lowest BCUT2D eigenvalue weighted by molar-refractivity contribution is -0.388. The first-order valence-electron chi connectivity index (χ1n) is 5.62. The van der Waals surface area contributed by atoms with Crippen LogP contribution in [0, 0.1) is 16.0 Å². The number of rotatable bonds is 4. The van der Waals surface area contributed by atoms with E-state index in [1.54, 1.807) is 12.1 Å². The molecule has 0 saturated carbocycles. The Kier molecular flexibility index (Phi) is 3.53. The molecule has 2 unspecified atom stereocenters. The Labute approximate surface area is 99.2 Å². The SMILES string of the molecule is CC(Nc1cccnc1[N+](=O)[O-])C1CCOC1. The summed E-state index contributed by atoms with van der Waals surface area (Å²) in [6.07, 6.45) is 2.41. The highest BCUT2D eigenvalue weighted by Gasteiger charge is 2.24. The monoisotopic (exact) mass is 237 g/mol. The summed E-state index contributed by atoms with van der Waals surface area (Å²) in [5.41, 5.74) is 0.469. The van der Waals surface area contributed by atoms with Gasteiger partial charge in [0, 0.05) is 18.6 Å². The van der Waals surface area contributed by atoms with E-state index >= 15 is 0 Å². The van der Waals surface area contributed by atoms with Gasteiger partial charge in [-0.05, 0) is 35.4 Å². The smallest absolute Gasteiger partial charge is 0.381 e. The van der Waals surface area contributed by atoms with Crippen molar-refractivity contribution < 1.29 is 9.66 Å². The number of anilines is 1. The summed E-state index contributed by atoms with van der Waals surface area (Å²) in [5, 5.41) is 14.0. The molecule has 1 aliphatic rings. The molecule has 0 spiro atoms. The molecule has 1 fully saturated rings. The first-order valence-corrected chi connectivity index (χ1v) is 5.62. The van der Waals surface area contributed by atoms with Crippen LogP contribution in [0.15, 0.2) is 18.3 Å². The number of nitro groups is 1. The maximum absolute atomic E-state index is 10.8. The molecule has 6 heteroatoms. The van der Waals surface area contributed by atoms with Crippen molar-refractivity contribution in [1.29, 1.82) is 0 Å². The van der Waals surface area contributed by atoms with Gasteiger partial charge in [-0.2, -0.15) is 0 Å². The quantitative estimate of drug-likeness (QED) is 0.638. The highest BCUT2D eigenvalue weighted by atomic mass is 16.6. The molecule has 0 bridgehead atoms. The second kappa shape index (κ2) is 5.09. The van der Waals surface area contributed by atoms with Crippen LogP contribution in [0.3, 0.4) is 0 Å². The molecule has 0 amide bonds. The maximum atomic E-state index is 10.8. The third-order valence-electron chi connectivity index (χ3n) is 3.01. The second-order valence-corrected chi connectivity index (χ2v) is 4.19. The predicted octanol–water partition coefficient (Wildman–Crippen LogP) is 1.83. The van der Waals surface area contributed by atoms with Gasteiger partial charge in [0.2, 0.25) is 0 Å². The minimum Gasteiger partial charge on any atom is -0.381 e. The highest BCUT2D eigenvalue weighted by molar-refractivity contribution is 5.57. The van der Waals surface area contributed by atoms with Gasteiger partial charge in [0.05, 0.1) is 6.61 Å². The largest absolute Gasteiger partial charge is 0.386 e. The van der Waals surface area contributed by atoms with Crippen molar-refractivity contribution in [3.05, 3.63) is 28.4 Å². The molecule has 92 valence electrons. The topological polar surface area (TPSA) is 77.3 Å². The molecule has 1 aromatic rings. The molecule has 1 N–H and O–H groups in total. The summed E-state index contributed by atoms with van der Waals surface area (Å²) in [6.45, 7) is 3.49. The zero-order valence-corrected chi connectivity index (χ0v) is 9.63. The van der Waals surface area contributed by atoms with E-state index in [4.69, 9.17) is 4.74 Å². The molecule has 17 heavy (non-hydrogen) atoms. The minimum absolute atomic E-state index is 0.127. The summed E-state index contributed by atoms with van der Waals surface area (Å²) in [7, 11) is 0. The van der Waals surface area contributed by atoms with Crippen LogP contribution < -0.4 is 5.32 Å². The fraction of sp³-hybridized carbons (Fsp3) is 0.545. The fourth-order valence-corrected chi connectivity index (χ4v) is 1.97. The van der Waals surface area contributed by atoms with E-state index < -0.39 is 4.92 Å². The summed E-state index contributed by atoms with van der Waals surface area (Å²) < 4.78 is 5.30. The highest BCUT2D eigenvalue weighted by Crippen LogP contribution is 2.25. The fourth-order valence-electron chi connectivity index (χ4n) is 1.97. The number of aromatic nitrogens is 1. The van der Waals surface area contributed by atoms with Crippen LogP contribution in [0.25, 0.3) is 0 Å². The van der Waals surface area contributed by atoms with E-state index in [2.05, 4.69) is 10.3 Å². The van der Waals surface area contributed by atoms with Crippen molar-refractivity contribution in [3.8, 4) is 0 Å². The van der Waals surface area contributed by atoms with Gasteiger partial charge in [-0.25, -0.2) is 0 Å². The average Bonchev–Trinajstić information content (AvgIpc) is 2.83. The molecule has 2 heterocycles. The van der Waals surface area contributed by atoms with Crippen LogP contribution in [-0.2, 0) is 4.74 Å². The molecule has 0 aliphatic carbocycles. The van der Waals surface area contributed by atoms with Gasteiger partial charge in [-0.3, -0.25) is 0 Å².